The highest BCUT2D eigenvalue weighted by atomic mass is 32.2. The summed E-state index contributed by atoms with van der Waals surface area (Å²) in [6, 6.07) is 0.475. The van der Waals surface area contributed by atoms with E-state index in [0.717, 1.165) is 23.8 Å². The van der Waals surface area contributed by atoms with E-state index in [1.165, 1.54) is 32.1 Å². The zero-order chi connectivity index (χ0) is 12.7. The Morgan fingerprint density at radius 3 is 2.41 bits per heavy atom. The van der Waals surface area contributed by atoms with Gasteiger partial charge in [0.05, 0.1) is 0 Å². The maximum Gasteiger partial charge on any atom is 0.0391 e. The van der Waals surface area contributed by atoms with E-state index in [1.54, 1.807) is 0 Å². The van der Waals surface area contributed by atoms with Gasteiger partial charge in [0.2, 0.25) is 0 Å². The highest BCUT2D eigenvalue weighted by molar-refractivity contribution is 7.85. The molecule has 0 heterocycles. The van der Waals surface area contributed by atoms with Gasteiger partial charge in [0, 0.05) is 28.3 Å². The van der Waals surface area contributed by atoms with E-state index in [9.17, 15) is 4.21 Å². The van der Waals surface area contributed by atoms with Gasteiger partial charge in [0.15, 0.2) is 0 Å². The lowest BCUT2D eigenvalue weighted by Crippen LogP contribution is -2.39. The standard InChI is InChI=1S/C14H29NOS/c1-12(2)9-10-17(16)11-14(15-3)13-7-5-4-6-8-13/h12-15H,4-11H2,1-3H3. The van der Waals surface area contributed by atoms with Gasteiger partial charge in [0.25, 0.3) is 0 Å². The number of nitrogens with one attached hydrogen (secondary N) is 1. The second-order valence-corrected chi connectivity index (χ2v) is 7.41. The molecule has 1 saturated carbocycles. The second kappa shape index (κ2) is 8.25. The topological polar surface area (TPSA) is 29.1 Å². The van der Waals surface area contributed by atoms with Gasteiger partial charge < -0.3 is 5.32 Å². The molecule has 0 aromatic rings. The van der Waals surface area contributed by atoms with E-state index in [-0.39, 0.29) is 0 Å². The van der Waals surface area contributed by atoms with Gasteiger partial charge in [-0.25, -0.2) is 0 Å². The molecule has 0 spiro atoms. The lowest BCUT2D eigenvalue weighted by atomic mass is 9.84. The first-order valence-corrected chi connectivity index (χ1v) is 8.64. The van der Waals surface area contributed by atoms with Crippen LogP contribution in [0, 0.1) is 11.8 Å². The monoisotopic (exact) mass is 259 g/mol. The number of hydrogen-bond donors (Lipinski definition) is 1. The molecule has 3 heteroatoms. The Labute approximate surface area is 109 Å². The highest BCUT2D eigenvalue weighted by Crippen LogP contribution is 2.26. The van der Waals surface area contributed by atoms with Crippen molar-refractivity contribution in [2.24, 2.45) is 11.8 Å². The summed E-state index contributed by atoms with van der Waals surface area (Å²) in [7, 11) is 1.39. The van der Waals surface area contributed by atoms with Crippen LogP contribution in [0.25, 0.3) is 0 Å². The average Bonchev–Trinajstić information content (AvgIpc) is 2.34. The zero-order valence-corrected chi connectivity index (χ0v) is 12.5. The molecule has 1 aliphatic carbocycles. The molecule has 1 aliphatic rings. The third-order valence-electron chi connectivity index (χ3n) is 3.88. The van der Waals surface area contributed by atoms with Crippen molar-refractivity contribution < 1.29 is 4.21 Å². The molecule has 1 N–H and O–H groups in total. The van der Waals surface area contributed by atoms with E-state index in [4.69, 9.17) is 0 Å². The molecule has 0 amide bonds. The van der Waals surface area contributed by atoms with Gasteiger partial charge in [-0.1, -0.05) is 33.1 Å². The molecule has 0 bridgehead atoms. The molecule has 1 fully saturated rings. The molecule has 0 aromatic carbocycles. The lowest BCUT2D eigenvalue weighted by molar-refractivity contribution is 0.293. The Kier molecular flexibility index (Phi) is 7.36. The average molecular weight is 259 g/mol. The van der Waals surface area contributed by atoms with Crippen molar-refractivity contribution in [3.8, 4) is 0 Å². The van der Waals surface area contributed by atoms with Crippen LogP contribution in [0.4, 0.5) is 0 Å². The molecule has 0 saturated heterocycles. The van der Waals surface area contributed by atoms with E-state index in [1.807, 2.05) is 7.05 Å². The molecule has 2 nitrogen and oxygen atoms in total. The van der Waals surface area contributed by atoms with Crippen LogP contribution < -0.4 is 5.32 Å². The van der Waals surface area contributed by atoms with Crippen LogP contribution in [0.2, 0.25) is 0 Å². The van der Waals surface area contributed by atoms with Crippen LogP contribution in [-0.4, -0.2) is 28.8 Å². The molecule has 0 radical (unpaired) electrons. The first-order chi connectivity index (χ1) is 8.13. The van der Waals surface area contributed by atoms with Gasteiger partial charge in [-0.05, 0) is 38.1 Å². The second-order valence-electron chi connectivity index (χ2n) is 5.79. The molecule has 0 aliphatic heterocycles. The van der Waals surface area contributed by atoms with Crippen molar-refractivity contribution in [1.29, 1.82) is 0 Å². The first-order valence-electron chi connectivity index (χ1n) is 7.15. The van der Waals surface area contributed by atoms with Crippen molar-refractivity contribution in [3.63, 3.8) is 0 Å². The van der Waals surface area contributed by atoms with Gasteiger partial charge in [-0.3, -0.25) is 4.21 Å². The van der Waals surface area contributed by atoms with E-state index >= 15 is 0 Å². The predicted molar refractivity (Wildman–Crippen MR) is 76.8 cm³/mol. The number of rotatable bonds is 7. The summed E-state index contributed by atoms with van der Waals surface area (Å²) in [5.41, 5.74) is 0. The fraction of sp³-hybridized carbons (Fsp3) is 1.00. The maximum absolute atomic E-state index is 12.0. The molecule has 102 valence electrons. The third-order valence-corrected chi connectivity index (χ3v) is 5.30. The molecule has 2 unspecified atom stereocenters. The minimum atomic E-state index is -0.635. The molecule has 2 atom stereocenters. The fourth-order valence-corrected chi connectivity index (χ4v) is 4.38. The van der Waals surface area contributed by atoms with Gasteiger partial charge >= 0.3 is 0 Å². The van der Waals surface area contributed by atoms with E-state index in [2.05, 4.69) is 19.2 Å². The summed E-state index contributed by atoms with van der Waals surface area (Å²) in [5, 5.41) is 3.40. The maximum atomic E-state index is 12.0. The van der Waals surface area contributed by atoms with Gasteiger partial charge in [-0.2, -0.15) is 0 Å². The zero-order valence-electron chi connectivity index (χ0n) is 11.7. The van der Waals surface area contributed by atoms with Crippen LogP contribution in [-0.2, 0) is 10.8 Å². The Morgan fingerprint density at radius 2 is 1.88 bits per heavy atom. The van der Waals surface area contributed by atoms with Crippen LogP contribution in [0.1, 0.15) is 52.4 Å². The van der Waals surface area contributed by atoms with Crippen molar-refractivity contribution in [2.75, 3.05) is 18.6 Å². The quantitative estimate of drug-likeness (QED) is 0.761. The molecule has 0 aromatic heterocycles. The normalized spacial score (nSPS) is 21.6. The predicted octanol–water partition coefficient (Wildman–Crippen LogP) is 2.95. The van der Waals surface area contributed by atoms with Gasteiger partial charge in [-0.15, -0.1) is 0 Å². The van der Waals surface area contributed by atoms with Crippen molar-refractivity contribution in [3.05, 3.63) is 0 Å². The van der Waals surface area contributed by atoms with Crippen LogP contribution in [0.15, 0.2) is 0 Å². The summed E-state index contributed by atoms with van der Waals surface area (Å²) in [6.07, 6.45) is 7.86. The molecular weight excluding hydrogens is 230 g/mol. The molecular formula is C14H29NOS. The van der Waals surface area contributed by atoms with Crippen LogP contribution in [0.3, 0.4) is 0 Å². The summed E-state index contributed by atoms with van der Waals surface area (Å²) in [5.74, 6) is 3.16. The molecule has 1 rings (SSSR count). The Bertz CT molecular complexity index is 224. The number of hydrogen-bond acceptors (Lipinski definition) is 2. The Morgan fingerprint density at radius 1 is 1.24 bits per heavy atom. The lowest BCUT2D eigenvalue weighted by Gasteiger charge is -2.29. The summed E-state index contributed by atoms with van der Waals surface area (Å²) < 4.78 is 12.0. The summed E-state index contributed by atoms with van der Waals surface area (Å²) >= 11 is 0. The summed E-state index contributed by atoms with van der Waals surface area (Å²) in [4.78, 5) is 0. The largest absolute Gasteiger partial charge is 0.316 e. The van der Waals surface area contributed by atoms with Crippen LogP contribution in [0.5, 0.6) is 0 Å². The minimum absolute atomic E-state index is 0.475. The highest BCUT2D eigenvalue weighted by Gasteiger charge is 2.23. The van der Waals surface area contributed by atoms with Crippen molar-refractivity contribution in [2.45, 2.75) is 58.4 Å². The van der Waals surface area contributed by atoms with Crippen molar-refractivity contribution in [1.82, 2.24) is 5.32 Å². The summed E-state index contributed by atoms with van der Waals surface area (Å²) in [6.45, 7) is 4.40. The van der Waals surface area contributed by atoms with Gasteiger partial charge in [0.1, 0.15) is 0 Å². The van der Waals surface area contributed by atoms with Crippen molar-refractivity contribution >= 4 is 10.8 Å². The van der Waals surface area contributed by atoms with Crippen LogP contribution >= 0.6 is 0 Å². The smallest absolute Gasteiger partial charge is 0.0391 e. The van der Waals surface area contributed by atoms with E-state index < -0.39 is 10.8 Å². The fourth-order valence-electron chi connectivity index (χ4n) is 2.64. The SMILES string of the molecule is CNC(CS(=O)CCC(C)C)C1CCCCC1. The van der Waals surface area contributed by atoms with E-state index in [0.29, 0.717) is 12.0 Å². The first kappa shape index (κ1) is 15.2. The Hall–Kier alpha value is 0.110. The Balaban J connectivity index is 2.32. The third kappa shape index (κ3) is 6.01. The molecule has 17 heavy (non-hydrogen) atoms. The minimum Gasteiger partial charge on any atom is -0.316 e.